The summed E-state index contributed by atoms with van der Waals surface area (Å²) >= 11 is 6.10. The highest BCUT2D eigenvalue weighted by atomic mass is 35.5. The van der Waals surface area contributed by atoms with Crippen LogP contribution < -0.4 is 11.1 Å². The summed E-state index contributed by atoms with van der Waals surface area (Å²) in [6.07, 6.45) is 5.91. The Labute approximate surface area is 306 Å². The van der Waals surface area contributed by atoms with Crippen molar-refractivity contribution in [2.24, 2.45) is 5.73 Å². The summed E-state index contributed by atoms with van der Waals surface area (Å²) in [5.41, 5.74) is 7.10. The van der Waals surface area contributed by atoms with E-state index in [0.717, 1.165) is 37.1 Å². The average Bonchev–Trinajstić information content (AvgIpc) is 3.62. The van der Waals surface area contributed by atoms with Gasteiger partial charge in [0.1, 0.15) is 23.1 Å². The van der Waals surface area contributed by atoms with Crippen molar-refractivity contribution in [3.8, 4) is 11.3 Å². The summed E-state index contributed by atoms with van der Waals surface area (Å²) in [5, 5.41) is 2.43. The number of hydrogen-bond acceptors (Lipinski definition) is 6. The highest BCUT2D eigenvalue weighted by molar-refractivity contribution is 6.31. The fraction of sp³-hybridized carbons (Fsp3) is 0.359. The number of carbonyl (C=O) groups excluding carboxylic acids is 2. The van der Waals surface area contributed by atoms with E-state index in [9.17, 15) is 14.0 Å². The molecule has 0 aliphatic carbocycles. The number of H-pyrrole nitrogens is 1. The van der Waals surface area contributed by atoms with Gasteiger partial charge in [-0.3, -0.25) is 15.0 Å². The first-order chi connectivity index (χ1) is 24.8. The molecular formula is C39H42ClF3N6O3. The third-order valence-electron chi connectivity index (χ3n) is 9.99. The quantitative estimate of drug-likeness (QED) is 0.158. The van der Waals surface area contributed by atoms with Crippen LogP contribution in [-0.4, -0.2) is 70.6 Å². The number of anilines is 1. The van der Waals surface area contributed by atoms with E-state index in [4.69, 9.17) is 22.3 Å². The largest absolute Gasteiger partial charge is 0.453 e. The Morgan fingerprint density at radius 2 is 1.75 bits per heavy atom. The number of methoxy groups -OCH3 is 1. The maximum absolute atomic E-state index is 15.4. The number of likely N-dealkylation sites (tertiary alicyclic amines) is 2. The van der Waals surface area contributed by atoms with E-state index < -0.39 is 29.5 Å². The molecule has 2 saturated heterocycles. The second-order valence-electron chi connectivity index (χ2n) is 13.9. The molecule has 0 saturated carbocycles. The van der Waals surface area contributed by atoms with Gasteiger partial charge in [-0.2, -0.15) is 0 Å². The molecule has 0 radical (unpaired) electrons. The minimum Gasteiger partial charge on any atom is -0.453 e. The lowest BCUT2D eigenvalue weighted by Gasteiger charge is -2.48. The molecule has 3 unspecified atom stereocenters. The molecule has 6 rings (SSSR count). The number of halogens is 4. The molecule has 2 fully saturated rings. The summed E-state index contributed by atoms with van der Waals surface area (Å²) in [6.45, 7) is 4.48. The second kappa shape index (κ2) is 15.5. The molecule has 0 spiro atoms. The Balaban J connectivity index is 1.41. The van der Waals surface area contributed by atoms with Crippen molar-refractivity contribution in [2.75, 3.05) is 32.1 Å². The Hall–Kier alpha value is -4.65. The number of nitrogens with zero attached hydrogens (tertiary/aromatic N) is 3. The van der Waals surface area contributed by atoms with Crippen LogP contribution in [0.2, 0.25) is 5.02 Å². The van der Waals surface area contributed by atoms with E-state index >= 15 is 8.78 Å². The molecule has 3 aromatic carbocycles. The molecule has 9 nitrogen and oxygen atoms in total. The first-order valence-electron chi connectivity index (χ1n) is 17.2. The minimum atomic E-state index is -1.91. The zero-order valence-electron chi connectivity index (χ0n) is 29.2. The van der Waals surface area contributed by atoms with Crippen LogP contribution in [0.3, 0.4) is 0 Å². The van der Waals surface area contributed by atoms with Gasteiger partial charge in [0, 0.05) is 41.9 Å². The van der Waals surface area contributed by atoms with Gasteiger partial charge in [0.15, 0.2) is 0 Å². The zero-order valence-corrected chi connectivity index (χ0v) is 30.0. The first kappa shape index (κ1) is 37.1. The number of amides is 2. The average molecular weight is 735 g/mol. The molecule has 2 aliphatic heterocycles. The van der Waals surface area contributed by atoms with Gasteiger partial charge < -0.3 is 20.4 Å². The molecule has 2 aliphatic rings. The van der Waals surface area contributed by atoms with Gasteiger partial charge in [-0.1, -0.05) is 41.9 Å². The van der Waals surface area contributed by atoms with Crippen molar-refractivity contribution in [1.29, 1.82) is 0 Å². The highest BCUT2D eigenvalue weighted by Crippen LogP contribution is 2.44. The number of hydrogen-bond donors (Lipinski definition) is 3. The standard InChI is InChI=1S/C39H42ClF3N6O3/c1-39(2,43)31-13-14-32(40)35(42)29(31)12-15-34(50)49-22-28(48-18-16-26(44)17-19-48)20-30(23-4-8-25(41)9-5-23)36(49)37-45-21-33(47-37)24-6-10-27(11-7-24)46-38(51)52-3/h4-15,21,26,28,30,36H,16-20,22,44H2,1-3H3,(H,45,47)(H,46,51). The minimum absolute atomic E-state index is 0.0591. The van der Waals surface area contributed by atoms with Crippen LogP contribution in [0.5, 0.6) is 0 Å². The van der Waals surface area contributed by atoms with Crippen molar-refractivity contribution in [3.63, 3.8) is 0 Å². The van der Waals surface area contributed by atoms with E-state index in [1.807, 2.05) is 12.1 Å². The molecule has 4 N–H and O–H groups in total. The Bertz CT molecular complexity index is 1920. The van der Waals surface area contributed by atoms with Gasteiger partial charge in [0.25, 0.3) is 0 Å². The number of alkyl halides is 1. The molecule has 3 atom stereocenters. The molecular weight excluding hydrogens is 693 g/mol. The molecule has 1 aromatic heterocycles. The van der Waals surface area contributed by atoms with Crippen LogP contribution >= 0.6 is 11.6 Å². The lowest BCUT2D eigenvalue weighted by atomic mass is 9.80. The van der Waals surface area contributed by atoms with Crippen molar-refractivity contribution >= 4 is 35.4 Å². The Morgan fingerprint density at radius 1 is 1.06 bits per heavy atom. The van der Waals surface area contributed by atoms with Crippen LogP contribution in [0.1, 0.15) is 67.6 Å². The monoisotopic (exact) mass is 734 g/mol. The SMILES string of the molecule is COC(=O)Nc1ccc(-c2cnc(C3C(c4ccc(F)cc4)CC(N4CCC(N)CC4)CN3C(=O)C=Cc3c(C(C)(C)F)ccc(Cl)c3F)[nH]2)cc1. The van der Waals surface area contributed by atoms with Gasteiger partial charge in [0.2, 0.25) is 5.91 Å². The fourth-order valence-electron chi connectivity index (χ4n) is 7.23. The van der Waals surface area contributed by atoms with Crippen LogP contribution in [-0.2, 0) is 15.2 Å². The summed E-state index contributed by atoms with van der Waals surface area (Å²) in [5.74, 6) is -1.45. The van der Waals surface area contributed by atoms with Gasteiger partial charge >= 0.3 is 6.09 Å². The summed E-state index contributed by atoms with van der Waals surface area (Å²) in [7, 11) is 1.28. The normalized spacial score (nSPS) is 20.3. The van der Waals surface area contributed by atoms with E-state index in [2.05, 4.69) is 19.9 Å². The number of nitrogens with two attached hydrogens (primary N) is 1. The Morgan fingerprint density at radius 3 is 2.40 bits per heavy atom. The number of ether oxygens (including phenoxy) is 1. The topological polar surface area (TPSA) is 117 Å². The van der Waals surface area contributed by atoms with Crippen molar-refractivity contribution in [3.05, 3.63) is 112 Å². The third-order valence-corrected chi connectivity index (χ3v) is 10.3. The van der Waals surface area contributed by atoms with Crippen molar-refractivity contribution in [2.45, 2.75) is 62.8 Å². The number of carbonyl (C=O) groups is 2. The van der Waals surface area contributed by atoms with E-state index in [1.54, 1.807) is 35.4 Å². The number of imidazole rings is 1. The van der Waals surface area contributed by atoms with Crippen molar-refractivity contribution < 1.29 is 27.5 Å². The van der Waals surface area contributed by atoms with Gasteiger partial charge in [0.05, 0.1) is 30.1 Å². The second-order valence-corrected chi connectivity index (χ2v) is 14.3. The van der Waals surface area contributed by atoms with E-state index in [0.29, 0.717) is 30.2 Å². The number of nitrogens with one attached hydrogen (secondary N) is 2. The lowest BCUT2D eigenvalue weighted by Crippen LogP contribution is -2.55. The summed E-state index contributed by atoms with van der Waals surface area (Å²) in [4.78, 5) is 38.4. The first-order valence-corrected chi connectivity index (χ1v) is 17.6. The van der Waals surface area contributed by atoms with Crippen LogP contribution in [0.4, 0.5) is 23.7 Å². The molecule has 4 aromatic rings. The fourth-order valence-corrected chi connectivity index (χ4v) is 7.40. The number of aromatic amines is 1. The van der Waals surface area contributed by atoms with E-state index in [1.165, 1.54) is 57.4 Å². The zero-order chi connectivity index (χ0) is 37.2. The van der Waals surface area contributed by atoms with E-state index in [-0.39, 0.29) is 40.0 Å². The third kappa shape index (κ3) is 8.19. The maximum Gasteiger partial charge on any atom is 0.411 e. The van der Waals surface area contributed by atoms with Crippen molar-refractivity contribution in [1.82, 2.24) is 19.8 Å². The van der Waals surface area contributed by atoms with Gasteiger partial charge in [-0.15, -0.1) is 0 Å². The molecule has 274 valence electrons. The van der Waals surface area contributed by atoms with Crippen LogP contribution in [0.25, 0.3) is 17.3 Å². The highest BCUT2D eigenvalue weighted by Gasteiger charge is 2.43. The lowest BCUT2D eigenvalue weighted by molar-refractivity contribution is -0.132. The molecule has 52 heavy (non-hydrogen) atoms. The number of piperidine rings is 2. The number of rotatable bonds is 8. The summed E-state index contributed by atoms with van der Waals surface area (Å²) < 4.78 is 49.5. The molecule has 2 amide bonds. The van der Waals surface area contributed by atoms with Crippen LogP contribution in [0.15, 0.2) is 72.9 Å². The smallest absolute Gasteiger partial charge is 0.411 e. The Kier molecular flexibility index (Phi) is 11.1. The predicted molar refractivity (Wildman–Crippen MR) is 195 cm³/mol. The van der Waals surface area contributed by atoms with Gasteiger partial charge in [-0.25, -0.2) is 22.9 Å². The predicted octanol–water partition coefficient (Wildman–Crippen LogP) is 7.95. The van der Waals surface area contributed by atoms with Gasteiger partial charge in [-0.05, 0) is 99.3 Å². The number of aromatic nitrogens is 2. The molecule has 3 heterocycles. The summed E-state index contributed by atoms with van der Waals surface area (Å²) in [6, 6.07) is 15.5. The number of benzene rings is 3. The molecule has 13 heteroatoms. The molecule has 0 bridgehead atoms. The maximum atomic E-state index is 15.4. The van der Waals surface area contributed by atoms with Crippen LogP contribution in [0, 0.1) is 11.6 Å².